The molecule has 1 aromatic carbocycles. The second kappa shape index (κ2) is 10.5. The molecule has 9 nitrogen and oxygen atoms in total. The lowest BCUT2D eigenvalue weighted by Crippen LogP contribution is -2.53. The van der Waals surface area contributed by atoms with Crippen molar-refractivity contribution >= 4 is 36.2 Å². The molecule has 0 saturated carbocycles. The molecule has 1 aromatic rings. The van der Waals surface area contributed by atoms with Crippen LogP contribution in [0.5, 0.6) is 0 Å². The monoisotopic (exact) mass is 473 g/mol. The van der Waals surface area contributed by atoms with Crippen molar-refractivity contribution in [2.24, 2.45) is 5.73 Å². The maximum absolute atomic E-state index is 12.5. The number of nitrogens with zero attached hydrogens (tertiary/aromatic N) is 1. The van der Waals surface area contributed by atoms with Crippen LogP contribution in [0.4, 0.5) is 13.2 Å². The number of rotatable bonds is 5. The van der Waals surface area contributed by atoms with Crippen molar-refractivity contribution in [2.45, 2.75) is 19.1 Å². The molecule has 5 N–H and O–H groups in total. The summed E-state index contributed by atoms with van der Waals surface area (Å²) < 4.78 is 42.2. The minimum atomic E-state index is -5.11. The molecule has 1 heterocycles. The lowest BCUT2D eigenvalue weighted by molar-refractivity contribution is -0.171. The first-order valence-electron chi connectivity index (χ1n) is 9.31. The Morgan fingerprint density at radius 3 is 2.41 bits per heavy atom. The number of hydrogen-bond donors (Lipinski definition) is 5. The Balaban J connectivity index is 1.99. The van der Waals surface area contributed by atoms with Crippen LogP contribution in [-0.4, -0.2) is 67.0 Å². The van der Waals surface area contributed by atoms with Gasteiger partial charge < -0.3 is 26.0 Å². The fourth-order valence-corrected chi connectivity index (χ4v) is 2.88. The van der Waals surface area contributed by atoms with Crippen LogP contribution in [0.3, 0.4) is 0 Å². The van der Waals surface area contributed by atoms with Crippen molar-refractivity contribution in [1.29, 1.82) is 5.41 Å². The van der Waals surface area contributed by atoms with Crippen LogP contribution >= 0.6 is 12.6 Å². The second-order valence-electron chi connectivity index (χ2n) is 6.87. The van der Waals surface area contributed by atoms with Gasteiger partial charge in [0.25, 0.3) is 11.8 Å². The van der Waals surface area contributed by atoms with E-state index in [1.807, 2.05) is 0 Å². The lowest BCUT2D eigenvalue weighted by Gasteiger charge is -2.35. The van der Waals surface area contributed by atoms with Gasteiger partial charge in [-0.25, -0.2) is 0 Å². The lowest BCUT2D eigenvalue weighted by atomic mass is 10.1. The molecule has 3 amide bonds. The molecule has 0 aromatic heterocycles. The summed E-state index contributed by atoms with van der Waals surface area (Å²) in [4.78, 5) is 37.5. The summed E-state index contributed by atoms with van der Waals surface area (Å²) in [6.45, 7) is 2.46. The summed E-state index contributed by atoms with van der Waals surface area (Å²) in [5.74, 6) is -3.89. The number of morpholine rings is 1. The molecule has 0 spiro atoms. The van der Waals surface area contributed by atoms with E-state index in [9.17, 15) is 27.6 Å². The summed E-state index contributed by atoms with van der Waals surface area (Å²) >= 11 is 4.13. The Morgan fingerprint density at radius 1 is 1.25 bits per heavy atom. The van der Waals surface area contributed by atoms with Crippen molar-refractivity contribution in [2.75, 3.05) is 26.3 Å². The maximum Gasteiger partial charge on any atom is 0.471 e. The van der Waals surface area contributed by atoms with Crippen LogP contribution in [0.25, 0.3) is 0 Å². The van der Waals surface area contributed by atoms with Crippen molar-refractivity contribution < 1.29 is 32.3 Å². The third kappa shape index (κ3) is 6.47. The molecule has 13 heteroatoms. The molecule has 0 radical (unpaired) electrons. The SMILES string of the molecule is C/C(N)=C(/S)C(=O)N1CCOCC1CNC(=O)c1ccc(C(=N)NC(=O)C(F)(F)F)cc1. The molecular weight excluding hydrogens is 451 g/mol. The zero-order valence-corrected chi connectivity index (χ0v) is 17.8. The smallest absolute Gasteiger partial charge is 0.401 e. The normalized spacial score (nSPS) is 17.3. The molecule has 1 aliphatic rings. The third-order valence-electron chi connectivity index (χ3n) is 4.49. The Morgan fingerprint density at radius 2 is 1.84 bits per heavy atom. The number of nitrogens with one attached hydrogen (secondary N) is 3. The Kier molecular flexibility index (Phi) is 8.27. The van der Waals surface area contributed by atoms with E-state index in [4.69, 9.17) is 15.9 Å². The summed E-state index contributed by atoms with van der Waals surface area (Å²) in [5, 5.41) is 11.7. The summed E-state index contributed by atoms with van der Waals surface area (Å²) in [5.41, 5.74) is 6.06. The van der Waals surface area contributed by atoms with E-state index in [-0.39, 0.29) is 40.8 Å². The first-order valence-corrected chi connectivity index (χ1v) is 9.76. The van der Waals surface area contributed by atoms with E-state index in [0.717, 1.165) is 0 Å². The zero-order chi connectivity index (χ0) is 24.1. The predicted octanol–water partition coefficient (Wildman–Crippen LogP) is 0.768. The minimum absolute atomic E-state index is 0.0122. The third-order valence-corrected chi connectivity index (χ3v) is 5.04. The van der Waals surface area contributed by atoms with Crippen molar-refractivity contribution in [3.05, 3.63) is 46.0 Å². The highest BCUT2D eigenvalue weighted by Crippen LogP contribution is 2.16. The highest BCUT2D eigenvalue weighted by atomic mass is 32.1. The average Bonchev–Trinajstić information content (AvgIpc) is 2.75. The van der Waals surface area contributed by atoms with Gasteiger partial charge in [0.05, 0.1) is 24.2 Å². The van der Waals surface area contributed by atoms with Gasteiger partial charge >= 0.3 is 12.1 Å². The van der Waals surface area contributed by atoms with E-state index in [1.54, 1.807) is 6.92 Å². The number of carbonyl (C=O) groups is 3. The molecule has 0 bridgehead atoms. The summed E-state index contributed by atoms with van der Waals surface area (Å²) in [7, 11) is 0. The number of amides is 3. The van der Waals surface area contributed by atoms with Gasteiger partial charge in [-0.15, -0.1) is 12.6 Å². The van der Waals surface area contributed by atoms with Crippen molar-refractivity contribution in [1.82, 2.24) is 15.5 Å². The molecule has 174 valence electrons. The highest BCUT2D eigenvalue weighted by Gasteiger charge is 2.39. The number of hydrogen-bond acceptors (Lipinski definition) is 7. The molecule has 1 saturated heterocycles. The first kappa shape index (κ1) is 25.2. The Hall–Kier alpha value is -3.06. The van der Waals surface area contributed by atoms with Gasteiger partial charge in [0.15, 0.2) is 0 Å². The van der Waals surface area contributed by atoms with Gasteiger partial charge in [0, 0.05) is 29.9 Å². The van der Waals surface area contributed by atoms with Crippen LogP contribution < -0.4 is 16.4 Å². The minimum Gasteiger partial charge on any atom is -0.401 e. The molecule has 32 heavy (non-hydrogen) atoms. The Labute approximate surface area is 187 Å². The van der Waals surface area contributed by atoms with E-state index >= 15 is 0 Å². The fraction of sp³-hybridized carbons (Fsp3) is 0.368. The largest absolute Gasteiger partial charge is 0.471 e. The Bertz CT molecular complexity index is 930. The number of carbonyl (C=O) groups excluding carboxylic acids is 3. The number of allylic oxidation sites excluding steroid dienone is 1. The quantitative estimate of drug-likeness (QED) is 0.186. The zero-order valence-electron chi connectivity index (χ0n) is 17.0. The summed E-state index contributed by atoms with van der Waals surface area (Å²) in [6, 6.07) is 4.61. The molecule has 1 atom stereocenters. The number of halogens is 3. The first-order chi connectivity index (χ1) is 14.9. The van der Waals surface area contributed by atoms with Crippen LogP contribution in [0, 0.1) is 5.41 Å². The van der Waals surface area contributed by atoms with Crippen LogP contribution in [0.2, 0.25) is 0 Å². The van der Waals surface area contributed by atoms with Crippen molar-refractivity contribution in [3.8, 4) is 0 Å². The molecule has 1 fully saturated rings. The number of thiol groups is 1. The van der Waals surface area contributed by atoms with Gasteiger partial charge in [-0.1, -0.05) is 12.1 Å². The number of benzene rings is 1. The topological polar surface area (TPSA) is 138 Å². The second-order valence-corrected chi connectivity index (χ2v) is 7.32. The molecule has 2 rings (SSSR count). The van der Waals surface area contributed by atoms with Crippen LogP contribution in [-0.2, 0) is 14.3 Å². The fourth-order valence-electron chi connectivity index (χ4n) is 2.75. The van der Waals surface area contributed by atoms with Gasteiger partial charge in [-0.2, -0.15) is 13.2 Å². The standard InChI is InChI=1S/C19H22F3N5O4S/c1-10(23)14(32)17(29)27-6-7-31-9-13(27)8-25-16(28)12-4-2-11(3-5-12)15(24)26-18(30)19(20,21)22/h2-5,13,32H,6-9,23H2,1H3,(H,25,28)(H2,24,26,30)/b14-10-. The van der Waals surface area contributed by atoms with Gasteiger partial charge in [-0.05, 0) is 19.1 Å². The molecule has 1 unspecified atom stereocenters. The van der Waals surface area contributed by atoms with E-state index in [0.29, 0.717) is 13.2 Å². The molecule has 0 aliphatic carbocycles. The van der Waals surface area contributed by atoms with E-state index in [2.05, 4.69) is 17.9 Å². The van der Waals surface area contributed by atoms with Gasteiger partial charge in [0.1, 0.15) is 5.84 Å². The average molecular weight is 473 g/mol. The molecular formula is C19H22F3N5O4S. The van der Waals surface area contributed by atoms with Crippen LogP contribution in [0.15, 0.2) is 34.9 Å². The molecule has 1 aliphatic heterocycles. The highest BCUT2D eigenvalue weighted by molar-refractivity contribution is 7.85. The van der Waals surface area contributed by atoms with Gasteiger partial charge in [-0.3, -0.25) is 19.8 Å². The van der Waals surface area contributed by atoms with E-state index < -0.39 is 29.9 Å². The maximum atomic E-state index is 12.5. The van der Waals surface area contributed by atoms with Gasteiger partial charge in [0.2, 0.25) is 0 Å². The number of nitrogens with two attached hydrogens (primary N) is 1. The summed E-state index contributed by atoms with van der Waals surface area (Å²) in [6.07, 6.45) is -5.11. The number of amidine groups is 1. The predicted molar refractivity (Wildman–Crippen MR) is 112 cm³/mol. The van der Waals surface area contributed by atoms with Crippen molar-refractivity contribution in [3.63, 3.8) is 0 Å². The van der Waals surface area contributed by atoms with E-state index in [1.165, 1.54) is 34.5 Å². The van der Waals surface area contributed by atoms with Crippen LogP contribution in [0.1, 0.15) is 22.8 Å². The number of ether oxygens (including phenoxy) is 1. The number of alkyl halides is 3.